The lowest BCUT2D eigenvalue weighted by Gasteiger charge is -2.24. The number of methoxy groups -OCH3 is 1. The summed E-state index contributed by atoms with van der Waals surface area (Å²) < 4.78 is 26.2. The first-order valence-corrected chi connectivity index (χ1v) is 9.07. The van der Waals surface area contributed by atoms with Gasteiger partial charge in [0.15, 0.2) is 5.75 Å². The van der Waals surface area contributed by atoms with Gasteiger partial charge < -0.3 is 14.8 Å². The molecule has 0 spiro atoms. The van der Waals surface area contributed by atoms with Gasteiger partial charge >= 0.3 is 11.7 Å². The quantitative estimate of drug-likeness (QED) is 0.386. The first-order chi connectivity index (χ1) is 13.6. The fraction of sp³-hybridized carbons (Fsp3) is 0.474. The van der Waals surface area contributed by atoms with Gasteiger partial charge in [-0.05, 0) is 20.8 Å². The van der Waals surface area contributed by atoms with Crippen LogP contribution in [0.25, 0.3) is 11.1 Å². The lowest BCUT2D eigenvalue weighted by molar-refractivity contribution is -0.385. The van der Waals surface area contributed by atoms with E-state index in [0.29, 0.717) is 24.2 Å². The minimum Gasteiger partial charge on any atom is -0.490 e. The van der Waals surface area contributed by atoms with Gasteiger partial charge in [-0.1, -0.05) is 0 Å². The van der Waals surface area contributed by atoms with Crippen molar-refractivity contribution in [3.63, 3.8) is 0 Å². The number of halogens is 1. The van der Waals surface area contributed by atoms with Crippen LogP contribution < -0.4 is 10.1 Å². The van der Waals surface area contributed by atoms with Crippen molar-refractivity contribution in [1.82, 2.24) is 15.1 Å². The molecule has 0 atom stereocenters. The minimum atomic E-state index is -0.890. The van der Waals surface area contributed by atoms with Crippen LogP contribution in [0, 0.1) is 15.9 Å². The van der Waals surface area contributed by atoms with E-state index in [-0.39, 0.29) is 29.6 Å². The lowest BCUT2D eigenvalue weighted by Crippen LogP contribution is -2.48. The number of rotatable bonds is 9. The zero-order chi connectivity index (χ0) is 21.8. The number of benzene rings is 1. The number of aromatic nitrogens is 2. The predicted molar refractivity (Wildman–Crippen MR) is 104 cm³/mol. The van der Waals surface area contributed by atoms with E-state index in [2.05, 4.69) is 10.4 Å². The van der Waals surface area contributed by atoms with Gasteiger partial charge in [-0.15, -0.1) is 0 Å². The first kappa shape index (κ1) is 22.3. The largest absolute Gasteiger partial charge is 0.490 e. The smallest absolute Gasteiger partial charge is 0.325 e. The maximum absolute atomic E-state index is 14.6. The molecule has 0 aliphatic rings. The monoisotopic (exact) mass is 408 g/mol. The number of carbonyl (C=O) groups is 1. The summed E-state index contributed by atoms with van der Waals surface area (Å²) in [7, 11) is 2.94. The summed E-state index contributed by atoms with van der Waals surface area (Å²) in [6, 6.07) is 2.14. The number of ether oxygens (including phenoxy) is 2. The zero-order valence-electron chi connectivity index (χ0n) is 17.1. The van der Waals surface area contributed by atoms with Crippen molar-refractivity contribution in [1.29, 1.82) is 0 Å². The molecule has 0 amide bonds. The van der Waals surface area contributed by atoms with Crippen molar-refractivity contribution >= 4 is 11.7 Å². The number of nitro benzene ring substituents is 1. The number of nitro groups is 1. The van der Waals surface area contributed by atoms with Gasteiger partial charge in [0.1, 0.15) is 11.4 Å². The van der Waals surface area contributed by atoms with Crippen molar-refractivity contribution in [2.75, 3.05) is 20.3 Å². The van der Waals surface area contributed by atoms with E-state index in [9.17, 15) is 19.3 Å². The molecule has 0 radical (unpaired) electrons. The first-order valence-electron chi connectivity index (χ1n) is 9.07. The average molecular weight is 408 g/mol. The van der Waals surface area contributed by atoms with Crippen molar-refractivity contribution in [2.45, 2.75) is 32.7 Å². The number of hydrogen-bond acceptors (Lipinski definition) is 7. The third kappa shape index (κ3) is 4.89. The van der Waals surface area contributed by atoms with Crippen LogP contribution in [0.2, 0.25) is 0 Å². The van der Waals surface area contributed by atoms with Gasteiger partial charge in [-0.25, -0.2) is 4.39 Å². The van der Waals surface area contributed by atoms with E-state index in [0.717, 1.165) is 12.1 Å². The van der Waals surface area contributed by atoms with Crippen LogP contribution in [-0.2, 0) is 23.0 Å². The number of carbonyl (C=O) groups excluding carboxylic acids is 1. The van der Waals surface area contributed by atoms with Crippen LogP contribution in [0.5, 0.6) is 5.75 Å². The molecule has 9 nitrogen and oxygen atoms in total. The molecule has 0 fully saturated rings. The van der Waals surface area contributed by atoms with Gasteiger partial charge in [-0.3, -0.25) is 19.6 Å². The maximum atomic E-state index is 14.6. The highest BCUT2D eigenvalue weighted by atomic mass is 19.1. The molecule has 158 valence electrons. The second-order valence-electron chi connectivity index (χ2n) is 6.91. The normalized spacial score (nSPS) is 11.4. The highest BCUT2D eigenvalue weighted by Gasteiger charge is 2.28. The molecule has 0 aliphatic carbocycles. The van der Waals surface area contributed by atoms with Crippen LogP contribution in [0.1, 0.15) is 26.5 Å². The average Bonchev–Trinajstić information content (AvgIpc) is 3.01. The number of hydrogen-bond donors (Lipinski definition) is 1. The van der Waals surface area contributed by atoms with Gasteiger partial charge in [0.2, 0.25) is 0 Å². The van der Waals surface area contributed by atoms with E-state index in [1.807, 2.05) is 0 Å². The second-order valence-corrected chi connectivity index (χ2v) is 6.91. The van der Waals surface area contributed by atoms with Crippen LogP contribution in [0.4, 0.5) is 10.1 Å². The molecular weight excluding hydrogens is 383 g/mol. The number of nitrogens with zero attached hydrogens (tertiary/aromatic N) is 3. The minimum absolute atomic E-state index is 0.0604. The zero-order valence-corrected chi connectivity index (χ0v) is 17.1. The van der Waals surface area contributed by atoms with Crippen LogP contribution in [0.3, 0.4) is 0 Å². The number of esters is 1. The van der Waals surface area contributed by atoms with Gasteiger partial charge in [0.25, 0.3) is 0 Å². The molecule has 10 heteroatoms. The molecule has 1 aromatic carbocycles. The Morgan fingerprint density at radius 1 is 1.38 bits per heavy atom. The highest BCUT2D eigenvalue weighted by Crippen LogP contribution is 2.36. The summed E-state index contributed by atoms with van der Waals surface area (Å²) in [6.45, 7) is 5.82. The number of nitrogens with one attached hydrogen (secondary N) is 1. The standard InChI is InChI=1S/C19H25FN4O5/c1-6-29-18(25)19(2,3)21-8-7-15-13(11-22-23(15)4)12-9-16(24(26)27)17(28-5)10-14(12)20/h9-11,21H,6-8H2,1-5H3. The van der Waals surface area contributed by atoms with Crippen molar-refractivity contribution < 1.29 is 23.6 Å². The Hall–Kier alpha value is -3.01. The third-order valence-corrected chi connectivity index (χ3v) is 4.53. The Balaban J connectivity index is 2.30. The fourth-order valence-electron chi connectivity index (χ4n) is 2.92. The topological polar surface area (TPSA) is 109 Å². The highest BCUT2D eigenvalue weighted by molar-refractivity contribution is 5.79. The van der Waals surface area contributed by atoms with E-state index in [4.69, 9.17) is 9.47 Å². The molecule has 0 unspecified atom stereocenters. The SMILES string of the molecule is CCOC(=O)C(C)(C)NCCc1c(-c2cc([N+](=O)[O-])c(OC)cc2F)cnn1C. The lowest BCUT2D eigenvalue weighted by atomic mass is 10.0. The molecule has 29 heavy (non-hydrogen) atoms. The summed E-state index contributed by atoms with van der Waals surface area (Å²) in [5.74, 6) is -1.18. The summed E-state index contributed by atoms with van der Waals surface area (Å²) in [5.41, 5.74) is -0.0635. The third-order valence-electron chi connectivity index (χ3n) is 4.53. The fourth-order valence-corrected chi connectivity index (χ4v) is 2.92. The summed E-state index contributed by atoms with van der Waals surface area (Å²) in [6.07, 6.45) is 1.87. The molecule has 0 bridgehead atoms. The molecule has 0 saturated carbocycles. The Morgan fingerprint density at radius 3 is 2.66 bits per heavy atom. The van der Waals surface area contributed by atoms with Gasteiger partial charge in [-0.2, -0.15) is 5.10 Å². The molecular formula is C19H25FN4O5. The summed E-state index contributed by atoms with van der Waals surface area (Å²) in [4.78, 5) is 22.7. The van der Waals surface area contributed by atoms with E-state index in [1.54, 1.807) is 32.5 Å². The molecule has 1 heterocycles. The van der Waals surface area contributed by atoms with Gasteiger partial charge in [0.05, 0.1) is 24.8 Å². The van der Waals surface area contributed by atoms with Crippen molar-refractivity contribution in [2.24, 2.45) is 7.05 Å². The van der Waals surface area contributed by atoms with Crippen molar-refractivity contribution in [3.05, 3.63) is 40.0 Å². The Labute approximate surface area is 168 Å². The molecule has 1 N–H and O–H groups in total. The second kappa shape index (κ2) is 8.99. The number of aryl methyl sites for hydroxylation is 1. The predicted octanol–water partition coefficient (Wildman–Crippen LogP) is 2.62. The van der Waals surface area contributed by atoms with Crippen LogP contribution >= 0.6 is 0 Å². The van der Waals surface area contributed by atoms with Gasteiger partial charge in [0, 0.05) is 49.0 Å². The van der Waals surface area contributed by atoms with Crippen molar-refractivity contribution in [3.8, 4) is 16.9 Å². The molecule has 0 aliphatic heterocycles. The molecule has 2 aromatic rings. The molecule has 0 saturated heterocycles. The Bertz CT molecular complexity index is 910. The van der Waals surface area contributed by atoms with Crippen LogP contribution in [-0.4, -0.2) is 46.5 Å². The maximum Gasteiger partial charge on any atom is 0.325 e. The van der Waals surface area contributed by atoms with Crippen LogP contribution in [0.15, 0.2) is 18.3 Å². The Kier molecular flexibility index (Phi) is 6.91. The van der Waals surface area contributed by atoms with E-state index >= 15 is 0 Å². The van der Waals surface area contributed by atoms with E-state index in [1.165, 1.54) is 13.3 Å². The molecule has 2 rings (SSSR count). The summed E-state index contributed by atoms with van der Waals surface area (Å²) >= 11 is 0. The summed E-state index contributed by atoms with van der Waals surface area (Å²) in [5, 5.41) is 18.6. The molecule has 1 aromatic heterocycles. The Morgan fingerprint density at radius 2 is 2.07 bits per heavy atom. The van der Waals surface area contributed by atoms with E-state index < -0.39 is 16.3 Å².